The molecule has 0 bridgehead atoms. The highest BCUT2D eigenvalue weighted by atomic mass is 16.5. The first kappa shape index (κ1) is 13.3. The molecule has 1 aromatic rings. The molecule has 5 nitrogen and oxygen atoms in total. The van der Waals surface area contributed by atoms with Crippen LogP contribution in [0.5, 0.6) is 0 Å². The minimum Gasteiger partial charge on any atom is -0.372 e. The van der Waals surface area contributed by atoms with Gasteiger partial charge in [0, 0.05) is 13.0 Å². The van der Waals surface area contributed by atoms with Crippen molar-refractivity contribution in [2.45, 2.75) is 31.4 Å². The molecule has 0 aromatic heterocycles. The number of nitrogens with one attached hydrogen (secondary N) is 2. The first-order valence-electron chi connectivity index (χ1n) is 7.00. The van der Waals surface area contributed by atoms with Crippen molar-refractivity contribution in [2.24, 2.45) is 0 Å². The minimum atomic E-state index is -0.301. The second-order valence-electron chi connectivity index (χ2n) is 5.22. The van der Waals surface area contributed by atoms with Crippen molar-refractivity contribution in [3.05, 3.63) is 35.4 Å². The van der Waals surface area contributed by atoms with Crippen LogP contribution in [0.4, 0.5) is 0 Å². The number of ether oxygens (including phenoxy) is 1. The standard InChI is InChI=1S/C15H18N2O3/c18-14-6-5-12(15(19)17-14)16-9-13-11-4-2-1-3-10(11)7-8-20-13/h1-4,12-13,16H,5-9H2,(H,17,18,19). The molecule has 2 unspecified atom stereocenters. The first-order valence-corrected chi connectivity index (χ1v) is 7.00. The number of benzene rings is 1. The van der Waals surface area contributed by atoms with Crippen LogP contribution in [0.25, 0.3) is 0 Å². The van der Waals surface area contributed by atoms with Crippen LogP contribution in [0.1, 0.15) is 30.1 Å². The number of carbonyl (C=O) groups is 2. The number of carbonyl (C=O) groups excluding carboxylic acids is 2. The largest absolute Gasteiger partial charge is 0.372 e. The summed E-state index contributed by atoms with van der Waals surface area (Å²) in [5.41, 5.74) is 2.51. The SMILES string of the molecule is O=C1CCC(NCC2OCCc3ccccc32)C(=O)N1. The molecule has 2 amide bonds. The summed E-state index contributed by atoms with van der Waals surface area (Å²) in [4.78, 5) is 22.8. The van der Waals surface area contributed by atoms with Crippen molar-refractivity contribution < 1.29 is 14.3 Å². The lowest BCUT2D eigenvalue weighted by Gasteiger charge is -2.29. The molecular formula is C15H18N2O3. The maximum absolute atomic E-state index is 11.7. The Kier molecular flexibility index (Phi) is 3.80. The van der Waals surface area contributed by atoms with Gasteiger partial charge in [0.05, 0.1) is 18.8 Å². The van der Waals surface area contributed by atoms with Crippen LogP contribution >= 0.6 is 0 Å². The first-order chi connectivity index (χ1) is 9.74. The third-order valence-electron chi connectivity index (χ3n) is 3.88. The van der Waals surface area contributed by atoms with E-state index in [9.17, 15) is 9.59 Å². The van der Waals surface area contributed by atoms with Gasteiger partial charge in [0.1, 0.15) is 0 Å². The van der Waals surface area contributed by atoms with E-state index in [4.69, 9.17) is 4.74 Å². The number of hydrogen-bond donors (Lipinski definition) is 2. The third kappa shape index (κ3) is 2.73. The van der Waals surface area contributed by atoms with E-state index in [2.05, 4.69) is 22.8 Å². The zero-order valence-corrected chi connectivity index (χ0v) is 11.2. The van der Waals surface area contributed by atoms with E-state index in [1.54, 1.807) is 0 Å². The number of imide groups is 1. The lowest BCUT2D eigenvalue weighted by molar-refractivity contribution is -0.134. The van der Waals surface area contributed by atoms with Crippen LogP contribution in [0.3, 0.4) is 0 Å². The smallest absolute Gasteiger partial charge is 0.243 e. The summed E-state index contributed by atoms with van der Waals surface area (Å²) in [6.07, 6.45) is 1.86. The molecule has 5 heteroatoms. The van der Waals surface area contributed by atoms with Gasteiger partial charge < -0.3 is 10.1 Å². The molecule has 20 heavy (non-hydrogen) atoms. The van der Waals surface area contributed by atoms with Gasteiger partial charge in [-0.05, 0) is 24.0 Å². The van der Waals surface area contributed by atoms with Crippen LogP contribution < -0.4 is 10.6 Å². The molecule has 3 rings (SSSR count). The molecule has 0 aliphatic carbocycles. The molecule has 2 N–H and O–H groups in total. The van der Waals surface area contributed by atoms with Crippen molar-refractivity contribution in [3.8, 4) is 0 Å². The average molecular weight is 274 g/mol. The number of fused-ring (bicyclic) bond motifs is 1. The van der Waals surface area contributed by atoms with E-state index in [1.165, 1.54) is 11.1 Å². The lowest BCUT2D eigenvalue weighted by Crippen LogP contribution is -2.51. The Morgan fingerprint density at radius 1 is 1.25 bits per heavy atom. The average Bonchev–Trinajstić information content (AvgIpc) is 2.46. The van der Waals surface area contributed by atoms with Crippen molar-refractivity contribution in [2.75, 3.05) is 13.2 Å². The highest BCUT2D eigenvalue weighted by molar-refractivity contribution is 6.00. The van der Waals surface area contributed by atoms with Crippen LogP contribution in [0, 0.1) is 0 Å². The van der Waals surface area contributed by atoms with E-state index >= 15 is 0 Å². The van der Waals surface area contributed by atoms with Crippen molar-refractivity contribution in [3.63, 3.8) is 0 Å². The number of amides is 2. The van der Waals surface area contributed by atoms with Gasteiger partial charge in [-0.15, -0.1) is 0 Å². The molecule has 2 atom stereocenters. The van der Waals surface area contributed by atoms with Crippen molar-refractivity contribution in [1.82, 2.24) is 10.6 Å². The van der Waals surface area contributed by atoms with E-state index in [-0.39, 0.29) is 24.0 Å². The predicted molar refractivity (Wildman–Crippen MR) is 73.0 cm³/mol. The zero-order chi connectivity index (χ0) is 13.9. The Labute approximate surface area is 117 Å². The van der Waals surface area contributed by atoms with Gasteiger partial charge in [0.15, 0.2) is 0 Å². The molecular weight excluding hydrogens is 256 g/mol. The summed E-state index contributed by atoms with van der Waals surface area (Å²) >= 11 is 0. The third-order valence-corrected chi connectivity index (χ3v) is 3.88. The fourth-order valence-electron chi connectivity index (χ4n) is 2.78. The Morgan fingerprint density at radius 3 is 2.95 bits per heavy atom. The van der Waals surface area contributed by atoms with Gasteiger partial charge in [-0.2, -0.15) is 0 Å². The quantitative estimate of drug-likeness (QED) is 0.796. The summed E-state index contributed by atoms with van der Waals surface area (Å²) < 4.78 is 5.79. The number of hydrogen-bond acceptors (Lipinski definition) is 4. The van der Waals surface area contributed by atoms with Gasteiger partial charge >= 0.3 is 0 Å². The second-order valence-corrected chi connectivity index (χ2v) is 5.22. The summed E-state index contributed by atoms with van der Waals surface area (Å²) in [6, 6.07) is 7.94. The summed E-state index contributed by atoms with van der Waals surface area (Å²) in [5, 5.41) is 5.57. The molecule has 1 saturated heterocycles. The zero-order valence-electron chi connectivity index (χ0n) is 11.2. The Balaban J connectivity index is 1.62. The summed E-state index contributed by atoms with van der Waals surface area (Å²) in [7, 11) is 0. The molecule has 106 valence electrons. The predicted octanol–water partition coefficient (Wildman–Crippen LogP) is 0.695. The Bertz CT molecular complexity index is 530. The fourth-order valence-corrected chi connectivity index (χ4v) is 2.78. The highest BCUT2D eigenvalue weighted by Gasteiger charge is 2.28. The van der Waals surface area contributed by atoms with Crippen molar-refractivity contribution >= 4 is 11.8 Å². The van der Waals surface area contributed by atoms with Gasteiger partial charge in [-0.25, -0.2) is 0 Å². The van der Waals surface area contributed by atoms with Gasteiger partial charge in [-0.3, -0.25) is 14.9 Å². The fraction of sp³-hybridized carbons (Fsp3) is 0.467. The molecule has 1 aromatic carbocycles. The maximum Gasteiger partial charge on any atom is 0.243 e. The topological polar surface area (TPSA) is 67.4 Å². The number of rotatable bonds is 3. The summed E-state index contributed by atoms with van der Waals surface area (Å²) in [6.45, 7) is 1.29. The van der Waals surface area contributed by atoms with E-state index in [1.807, 2.05) is 12.1 Å². The molecule has 1 fully saturated rings. The van der Waals surface area contributed by atoms with Crippen LogP contribution in [-0.4, -0.2) is 31.0 Å². The van der Waals surface area contributed by atoms with Crippen LogP contribution in [0.15, 0.2) is 24.3 Å². The van der Waals surface area contributed by atoms with Gasteiger partial charge in [-0.1, -0.05) is 24.3 Å². The van der Waals surface area contributed by atoms with E-state index in [0.717, 1.165) is 6.42 Å². The number of piperidine rings is 1. The minimum absolute atomic E-state index is 0.0228. The van der Waals surface area contributed by atoms with Gasteiger partial charge in [0.2, 0.25) is 11.8 Å². The van der Waals surface area contributed by atoms with E-state index in [0.29, 0.717) is 26.0 Å². The summed E-state index contributed by atoms with van der Waals surface area (Å²) in [5.74, 6) is -0.419. The van der Waals surface area contributed by atoms with Crippen LogP contribution in [-0.2, 0) is 20.7 Å². The molecule has 2 aliphatic rings. The molecule has 0 spiro atoms. The lowest BCUT2D eigenvalue weighted by atomic mass is 9.97. The second kappa shape index (κ2) is 5.73. The maximum atomic E-state index is 11.7. The normalized spacial score (nSPS) is 26.0. The monoisotopic (exact) mass is 274 g/mol. The molecule has 2 aliphatic heterocycles. The van der Waals surface area contributed by atoms with E-state index < -0.39 is 0 Å². The van der Waals surface area contributed by atoms with Gasteiger partial charge in [0.25, 0.3) is 0 Å². The molecule has 0 saturated carbocycles. The highest BCUT2D eigenvalue weighted by Crippen LogP contribution is 2.26. The van der Waals surface area contributed by atoms with Crippen molar-refractivity contribution in [1.29, 1.82) is 0 Å². The molecule has 2 heterocycles. The molecule has 0 radical (unpaired) electrons. The Morgan fingerprint density at radius 2 is 2.10 bits per heavy atom. The Hall–Kier alpha value is -1.72. The van der Waals surface area contributed by atoms with Crippen LogP contribution in [0.2, 0.25) is 0 Å².